The average molecular weight is 298 g/mol. The van der Waals surface area contributed by atoms with Crippen LogP contribution in [-0.4, -0.2) is 20.4 Å². The molecule has 0 amide bonds. The average Bonchev–Trinajstić information content (AvgIpc) is 2.49. The van der Waals surface area contributed by atoms with Crippen molar-refractivity contribution in [3.63, 3.8) is 0 Å². The Kier molecular flexibility index (Phi) is 10.1. The SMILES string of the molecule is C=CC1=C(c2ccc(OC)cc2)C=CNC1N.C[O-].[K+]. The molecule has 1 aromatic rings. The number of hydrogen-bond acceptors (Lipinski definition) is 4. The minimum absolute atomic E-state index is 0. The Morgan fingerprint density at radius 3 is 2.40 bits per heavy atom. The van der Waals surface area contributed by atoms with Crippen molar-refractivity contribution in [3.05, 3.63) is 60.3 Å². The Labute approximate surface area is 162 Å². The summed E-state index contributed by atoms with van der Waals surface area (Å²) in [5, 5.41) is 11.3. The summed E-state index contributed by atoms with van der Waals surface area (Å²) < 4.78 is 5.14. The number of methoxy groups -OCH3 is 1. The van der Waals surface area contributed by atoms with E-state index in [1.807, 2.05) is 36.5 Å². The van der Waals surface area contributed by atoms with Gasteiger partial charge in [0.1, 0.15) is 11.9 Å². The molecule has 1 heterocycles. The summed E-state index contributed by atoms with van der Waals surface area (Å²) in [7, 11) is 2.41. The Bertz CT molecular complexity index is 481. The molecule has 20 heavy (non-hydrogen) atoms. The zero-order valence-corrected chi connectivity index (χ0v) is 15.3. The van der Waals surface area contributed by atoms with E-state index >= 15 is 0 Å². The quantitative estimate of drug-likeness (QED) is 0.635. The summed E-state index contributed by atoms with van der Waals surface area (Å²) in [5.74, 6) is 0.844. The number of ether oxygens (including phenoxy) is 1. The first-order chi connectivity index (χ1) is 9.26. The van der Waals surface area contributed by atoms with E-state index in [0.29, 0.717) is 0 Å². The molecule has 1 unspecified atom stereocenters. The standard InChI is InChI=1S/C14H16N2O.CH3O.K/c1-3-12-13(8-9-16-14(12)15)10-4-6-11(17-2)7-5-10;1-2;/h3-9,14,16H,1,15H2,2H3;1H3;/q;-1;+1. The smallest absolute Gasteiger partial charge is 0.857 e. The molecule has 0 bridgehead atoms. The molecule has 5 heteroatoms. The third-order valence-electron chi connectivity index (χ3n) is 2.79. The number of rotatable bonds is 3. The maximum absolute atomic E-state index is 8.25. The number of allylic oxidation sites excluding steroid dienone is 2. The van der Waals surface area contributed by atoms with Crippen LogP contribution >= 0.6 is 0 Å². The fourth-order valence-electron chi connectivity index (χ4n) is 1.86. The van der Waals surface area contributed by atoms with Gasteiger partial charge in [-0.2, -0.15) is 7.11 Å². The third-order valence-corrected chi connectivity index (χ3v) is 2.79. The molecule has 0 fully saturated rings. The van der Waals surface area contributed by atoms with Gasteiger partial charge < -0.3 is 20.9 Å². The number of hydrogen-bond donors (Lipinski definition) is 2. The Morgan fingerprint density at radius 1 is 1.30 bits per heavy atom. The van der Waals surface area contributed by atoms with Crippen LogP contribution in [0, 0.1) is 0 Å². The minimum atomic E-state index is -0.199. The first-order valence-electron chi connectivity index (χ1n) is 5.86. The number of nitrogens with two attached hydrogens (primary N) is 1. The van der Waals surface area contributed by atoms with Crippen LogP contribution < -0.4 is 72.3 Å². The normalized spacial score (nSPS) is 16.3. The van der Waals surface area contributed by atoms with Crippen molar-refractivity contribution in [2.75, 3.05) is 14.2 Å². The fourth-order valence-corrected chi connectivity index (χ4v) is 1.86. The zero-order valence-electron chi connectivity index (χ0n) is 12.2. The van der Waals surface area contributed by atoms with Gasteiger partial charge in [0.05, 0.1) is 7.11 Å². The van der Waals surface area contributed by atoms with Crippen molar-refractivity contribution in [2.24, 2.45) is 5.73 Å². The topological polar surface area (TPSA) is 70.3 Å². The molecule has 0 spiro atoms. The summed E-state index contributed by atoms with van der Waals surface area (Å²) >= 11 is 0. The van der Waals surface area contributed by atoms with E-state index in [1.54, 1.807) is 13.2 Å². The zero-order chi connectivity index (χ0) is 14.3. The van der Waals surface area contributed by atoms with Gasteiger partial charge in [0.2, 0.25) is 0 Å². The van der Waals surface area contributed by atoms with Gasteiger partial charge in [0.15, 0.2) is 0 Å². The predicted molar refractivity (Wildman–Crippen MR) is 76.3 cm³/mol. The van der Waals surface area contributed by atoms with E-state index in [-0.39, 0.29) is 57.6 Å². The first-order valence-corrected chi connectivity index (χ1v) is 5.86. The second-order valence-electron chi connectivity index (χ2n) is 3.78. The molecule has 0 saturated heterocycles. The van der Waals surface area contributed by atoms with Gasteiger partial charge in [-0.05, 0) is 41.1 Å². The number of dihydropyridines is 1. The molecule has 1 aliphatic rings. The second kappa shape index (κ2) is 10.3. The van der Waals surface area contributed by atoms with Crippen LogP contribution in [-0.2, 0) is 0 Å². The molecule has 1 atom stereocenters. The van der Waals surface area contributed by atoms with Crippen molar-refractivity contribution in [1.29, 1.82) is 0 Å². The summed E-state index contributed by atoms with van der Waals surface area (Å²) in [6, 6.07) is 7.90. The first kappa shape index (κ1) is 19.6. The minimum Gasteiger partial charge on any atom is -0.857 e. The van der Waals surface area contributed by atoms with Crippen LogP contribution in [0.25, 0.3) is 5.57 Å². The molecule has 2 rings (SSSR count). The Balaban J connectivity index is 0.00000115. The summed E-state index contributed by atoms with van der Waals surface area (Å²) in [6.07, 6.45) is 5.45. The van der Waals surface area contributed by atoms with Crippen LogP contribution in [0.2, 0.25) is 0 Å². The van der Waals surface area contributed by atoms with Crippen LogP contribution in [0.15, 0.2) is 54.8 Å². The Hall–Kier alpha value is -0.404. The Morgan fingerprint density at radius 2 is 1.90 bits per heavy atom. The van der Waals surface area contributed by atoms with Gasteiger partial charge in [-0.25, -0.2) is 0 Å². The predicted octanol–water partition coefficient (Wildman–Crippen LogP) is -1.98. The fraction of sp³-hybridized carbons (Fsp3) is 0.200. The van der Waals surface area contributed by atoms with Crippen molar-refractivity contribution in [1.82, 2.24) is 5.32 Å². The number of benzene rings is 1. The molecule has 1 aliphatic heterocycles. The van der Waals surface area contributed by atoms with Crippen molar-refractivity contribution >= 4 is 5.57 Å². The molecule has 1 aromatic carbocycles. The maximum atomic E-state index is 8.25. The monoisotopic (exact) mass is 298 g/mol. The van der Waals surface area contributed by atoms with Crippen LogP contribution in [0.5, 0.6) is 5.75 Å². The van der Waals surface area contributed by atoms with E-state index < -0.39 is 0 Å². The molecule has 0 aliphatic carbocycles. The molecular weight excluding hydrogens is 279 g/mol. The van der Waals surface area contributed by atoms with E-state index in [0.717, 1.165) is 29.6 Å². The van der Waals surface area contributed by atoms with E-state index in [2.05, 4.69) is 11.9 Å². The maximum Gasteiger partial charge on any atom is 1.00 e. The van der Waals surface area contributed by atoms with Crippen LogP contribution in [0.3, 0.4) is 0 Å². The van der Waals surface area contributed by atoms with E-state index in [9.17, 15) is 0 Å². The molecular formula is C15H19KN2O2. The summed E-state index contributed by atoms with van der Waals surface area (Å²) in [5.41, 5.74) is 9.15. The van der Waals surface area contributed by atoms with Crippen LogP contribution in [0.4, 0.5) is 0 Å². The van der Waals surface area contributed by atoms with Gasteiger partial charge in [-0.3, -0.25) is 0 Å². The van der Waals surface area contributed by atoms with E-state index in [4.69, 9.17) is 15.6 Å². The molecule has 4 nitrogen and oxygen atoms in total. The summed E-state index contributed by atoms with van der Waals surface area (Å²) in [6.45, 7) is 3.81. The van der Waals surface area contributed by atoms with Gasteiger partial charge in [-0.15, -0.1) is 0 Å². The van der Waals surface area contributed by atoms with Gasteiger partial charge in [-0.1, -0.05) is 24.8 Å². The number of nitrogens with one attached hydrogen (secondary N) is 1. The van der Waals surface area contributed by atoms with Crippen LogP contribution in [0.1, 0.15) is 5.56 Å². The van der Waals surface area contributed by atoms with Gasteiger partial charge in [0.25, 0.3) is 0 Å². The molecule has 102 valence electrons. The molecule has 0 saturated carbocycles. The van der Waals surface area contributed by atoms with Crippen molar-refractivity contribution < 1.29 is 61.2 Å². The second-order valence-corrected chi connectivity index (χ2v) is 3.78. The summed E-state index contributed by atoms with van der Waals surface area (Å²) in [4.78, 5) is 0. The largest absolute Gasteiger partial charge is 1.00 e. The van der Waals surface area contributed by atoms with Gasteiger partial charge >= 0.3 is 51.4 Å². The van der Waals surface area contributed by atoms with E-state index in [1.165, 1.54) is 0 Å². The van der Waals surface area contributed by atoms with Crippen molar-refractivity contribution in [3.8, 4) is 5.75 Å². The third kappa shape index (κ3) is 4.85. The van der Waals surface area contributed by atoms with Gasteiger partial charge in [0, 0.05) is 0 Å². The molecule has 0 aromatic heterocycles. The molecule has 3 N–H and O–H groups in total. The molecule has 0 radical (unpaired) electrons. The van der Waals surface area contributed by atoms with Crippen molar-refractivity contribution in [2.45, 2.75) is 6.17 Å².